The highest BCUT2D eigenvalue weighted by Gasteiger charge is 2.13. The van der Waals surface area contributed by atoms with E-state index >= 15 is 0 Å². The summed E-state index contributed by atoms with van der Waals surface area (Å²) in [5.74, 6) is 3.78. The zero-order valence-corrected chi connectivity index (χ0v) is 16.0. The summed E-state index contributed by atoms with van der Waals surface area (Å²) in [6.07, 6.45) is 0. The van der Waals surface area contributed by atoms with E-state index in [1.165, 1.54) is 26.1 Å². The van der Waals surface area contributed by atoms with Crippen LogP contribution in [0.3, 0.4) is 0 Å². The Balaban J connectivity index is 2.05. The van der Waals surface area contributed by atoms with Gasteiger partial charge in [0.2, 0.25) is 0 Å². The Morgan fingerprint density at radius 2 is 1.70 bits per heavy atom. The molecule has 0 amide bonds. The smallest absolute Gasteiger partial charge is 0.129 e. The number of thiophene rings is 1. The van der Waals surface area contributed by atoms with Gasteiger partial charge in [-0.05, 0) is 35.6 Å². The minimum Gasteiger partial charge on any atom is -0.135 e. The van der Waals surface area contributed by atoms with Crippen molar-refractivity contribution >= 4 is 29.5 Å². The van der Waals surface area contributed by atoms with E-state index in [0.29, 0.717) is 0 Å². The summed E-state index contributed by atoms with van der Waals surface area (Å²) in [5, 5.41) is 1.36. The first kappa shape index (κ1) is 16.0. The molecule has 0 N–H and O–H groups in total. The SMILES string of the molecule is C[C@@H](C#C[Si](C)(C)C)c1cccc2sc(-c3ccccc3)cc12. The van der Waals surface area contributed by atoms with Gasteiger partial charge in [-0.2, -0.15) is 0 Å². The van der Waals surface area contributed by atoms with Gasteiger partial charge in [0.05, 0.1) is 0 Å². The first-order valence-electron chi connectivity index (χ1n) is 8.04. The van der Waals surface area contributed by atoms with E-state index in [0.717, 1.165) is 0 Å². The van der Waals surface area contributed by atoms with Crippen molar-refractivity contribution in [1.82, 2.24) is 0 Å². The standard InChI is InChI=1S/C21H22SSi/c1-16(13-14-23(2,3)4)18-11-8-12-20-19(18)15-21(22-20)17-9-6-5-7-10-17/h5-12,15-16H,1-4H3/t16-/m0/s1. The van der Waals surface area contributed by atoms with Crippen molar-refractivity contribution in [3.8, 4) is 21.9 Å². The number of benzene rings is 2. The van der Waals surface area contributed by atoms with E-state index in [1.54, 1.807) is 0 Å². The van der Waals surface area contributed by atoms with Gasteiger partial charge in [-0.15, -0.1) is 22.8 Å². The van der Waals surface area contributed by atoms with Gasteiger partial charge in [-0.3, -0.25) is 0 Å². The maximum absolute atomic E-state index is 3.52. The molecule has 2 aromatic carbocycles. The molecule has 0 unspecified atom stereocenters. The summed E-state index contributed by atoms with van der Waals surface area (Å²) in [6, 6.07) is 19.6. The van der Waals surface area contributed by atoms with Crippen LogP contribution >= 0.6 is 11.3 Å². The van der Waals surface area contributed by atoms with Crippen LogP contribution in [0.1, 0.15) is 18.4 Å². The lowest BCUT2D eigenvalue weighted by atomic mass is 9.98. The third-order valence-corrected chi connectivity index (χ3v) is 5.83. The molecule has 0 bridgehead atoms. The van der Waals surface area contributed by atoms with E-state index in [-0.39, 0.29) is 5.92 Å². The summed E-state index contributed by atoms with van der Waals surface area (Å²) in [5.41, 5.74) is 6.16. The van der Waals surface area contributed by atoms with Crippen LogP contribution in [-0.4, -0.2) is 8.07 Å². The van der Waals surface area contributed by atoms with Crippen molar-refractivity contribution < 1.29 is 0 Å². The van der Waals surface area contributed by atoms with Gasteiger partial charge in [0.15, 0.2) is 0 Å². The second-order valence-electron chi connectivity index (χ2n) is 6.98. The largest absolute Gasteiger partial charge is 0.135 e. The maximum Gasteiger partial charge on any atom is 0.129 e. The highest BCUT2D eigenvalue weighted by molar-refractivity contribution is 7.22. The van der Waals surface area contributed by atoms with Crippen LogP contribution in [0.15, 0.2) is 54.6 Å². The Bertz CT molecular complexity index is 873. The second-order valence-corrected chi connectivity index (χ2v) is 12.8. The van der Waals surface area contributed by atoms with Gasteiger partial charge in [0, 0.05) is 15.5 Å². The van der Waals surface area contributed by atoms with Crippen LogP contribution < -0.4 is 0 Å². The monoisotopic (exact) mass is 334 g/mol. The predicted molar refractivity (Wildman–Crippen MR) is 107 cm³/mol. The third kappa shape index (κ3) is 3.75. The number of fused-ring (bicyclic) bond motifs is 1. The first-order chi connectivity index (χ1) is 10.9. The van der Waals surface area contributed by atoms with Crippen molar-refractivity contribution in [3.05, 3.63) is 60.2 Å². The van der Waals surface area contributed by atoms with Crippen molar-refractivity contribution in [2.24, 2.45) is 0 Å². The highest BCUT2D eigenvalue weighted by Crippen LogP contribution is 2.37. The minimum atomic E-state index is -1.33. The van der Waals surface area contributed by atoms with Gasteiger partial charge >= 0.3 is 0 Å². The molecule has 0 saturated carbocycles. The van der Waals surface area contributed by atoms with Gasteiger partial charge in [0.25, 0.3) is 0 Å². The number of rotatable bonds is 2. The molecule has 1 heterocycles. The fraction of sp³-hybridized carbons (Fsp3) is 0.238. The third-order valence-electron chi connectivity index (χ3n) is 3.78. The van der Waals surface area contributed by atoms with E-state index in [2.05, 4.69) is 92.6 Å². The lowest BCUT2D eigenvalue weighted by molar-refractivity contribution is 1.02. The maximum atomic E-state index is 3.52. The quantitative estimate of drug-likeness (QED) is 0.368. The van der Waals surface area contributed by atoms with Gasteiger partial charge in [-0.25, -0.2) is 0 Å². The molecule has 0 aliphatic heterocycles. The van der Waals surface area contributed by atoms with Crippen molar-refractivity contribution in [1.29, 1.82) is 0 Å². The van der Waals surface area contributed by atoms with E-state index in [1.807, 2.05) is 11.3 Å². The molecule has 0 fully saturated rings. The van der Waals surface area contributed by atoms with Gasteiger partial charge in [-0.1, -0.05) is 62.1 Å². The molecule has 1 atom stereocenters. The first-order valence-corrected chi connectivity index (χ1v) is 12.4. The van der Waals surface area contributed by atoms with Crippen molar-refractivity contribution in [3.63, 3.8) is 0 Å². The van der Waals surface area contributed by atoms with Crippen LogP contribution in [0.5, 0.6) is 0 Å². The van der Waals surface area contributed by atoms with Crippen LogP contribution in [0.4, 0.5) is 0 Å². The Morgan fingerprint density at radius 1 is 0.957 bits per heavy atom. The fourth-order valence-corrected chi connectivity index (χ4v) is 4.36. The lowest BCUT2D eigenvalue weighted by Gasteiger charge is -2.09. The number of hydrogen-bond acceptors (Lipinski definition) is 1. The average molecular weight is 335 g/mol. The Kier molecular flexibility index (Phi) is 4.43. The van der Waals surface area contributed by atoms with Crippen molar-refractivity contribution in [2.45, 2.75) is 32.5 Å². The summed E-state index contributed by atoms with van der Waals surface area (Å²) < 4.78 is 1.35. The molecule has 2 heteroatoms. The molecule has 0 aliphatic rings. The molecule has 23 heavy (non-hydrogen) atoms. The zero-order chi connectivity index (χ0) is 16.4. The predicted octanol–water partition coefficient (Wildman–Crippen LogP) is 6.55. The molecule has 1 aromatic heterocycles. The molecule has 0 radical (unpaired) electrons. The van der Waals surface area contributed by atoms with E-state index < -0.39 is 8.07 Å². The van der Waals surface area contributed by atoms with Gasteiger partial charge < -0.3 is 0 Å². The van der Waals surface area contributed by atoms with Crippen LogP contribution in [0, 0.1) is 11.5 Å². The lowest BCUT2D eigenvalue weighted by Crippen LogP contribution is -2.16. The second kappa shape index (κ2) is 6.35. The molecule has 3 aromatic rings. The Hall–Kier alpha value is -1.82. The summed E-state index contributed by atoms with van der Waals surface area (Å²) in [4.78, 5) is 1.33. The molecule has 0 saturated heterocycles. The van der Waals surface area contributed by atoms with Crippen LogP contribution in [0.25, 0.3) is 20.5 Å². The normalized spacial score (nSPS) is 12.7. The molecular weight excluding hydrogens is 312 g/mol. The van der Waals surface area contributed by atoms with Crippen LogP contribution in [0.2, 0.25) is 19.6 Å². The summed E-state index contributed by atoms with van der Waals surface area (Å²) in [6.45, 7) is 9.12. The summed E-state index contributed by atoms with van der Waals surface area (Å²) >= 11 is 1.87. The molecule has 3 rings (SSSR count). The van der Waals surface area contributed by atoms with E-state index in [4.69, 9.17) is 0 Å². The zero-order valence-electron chi connectivity index (χ0n) is 14.2. The molecule has 116 valence electrons. The molecule has 0 nitrogen and oxygen atoms in total. The fourth-order valence-electron chi connectivity index (χ4n) is 2.61. The van der Waals surface area contributed by atoms with Crippen LogP contribution in [-0.2, 0) is 0 Å². The topological polar surface area (TPSA) is 0 Å². The van der Waals surface area contributed by atoms with Gasteiger partial charge in [0.1, 0.15) is 8.07 Å². The van der Waals surface area contributed by atoms with E-state index in [9.17, 15) is 0 Å². The molecule has 0 aliphatic carbocycles. The minimum absolute atomic E-state index is 0.281. The highest BCUT2D eigenvalue weighted by atomic mass is 32.1. The molecule has 0 spiro atoms. The Morgan fingerprint density at radius 3 is 2.39 bits per heavy atom. The summed E-state index contributed by atoms with van der Waals surface area (Å²) in [7, 11) is -1.33. The Labute approximate surface area is 144 Å². The molecular formula is C21H22SSi. The average Bonchev–Trinajstić information content (AvgIpc) is 2.97. The van der Waals surface area contributed by atoms with Crippen molar-refractivity contribution in [2.75, 3.05) is 0 Å². The number of hydrogen-bond donors (Lipinski definition) is 0.